The topological polar surface area (TPSA) is 129 Å². The molecule has 1 atom stereocenters. The number of ether oxygens (including phenoxy) is 1. The van der Waals surface area contributed by atoms with E-state index in [1.807, 2.05) is 42.5 Å². The van der Waals surface area contributed by atoms with E-state index in [0.29, 0.717) is 12.4 Å². The number of aliphatic imine (C=N–C) groups is 1. The molecule has 1 aliphatic heterocycles. The van der Waals surface area contributed by atoms with Crippen molar-refractivity contribution in [2.45, 2.75) is 51.2 Å². The van der Waals surface area contributed by atoms with Gasteiger partial charge < -0.3 is 20.5 Å². The molecule has 10 heteroatoms. The van der Waals surface area contributed by atoms with Crippen LogP contribution in [0.15, 0.2) is 47.5 Å². The van der Waals surface area contributed by atoms with E-state index in [9.17, 15) is 19.5 Å². The normalized spacial score (nSPS) is 13.8. The Kier molecular flexibility index (Phi) is 9.90. The zero-order chi connectivity index (χ0) is 24.2. The Morgan fingerprint density at radius 1 is 1.12 bits per heavy atom. The molecule has 0 saturated heterocycles. The lowest BCUT2D eigenvalue weighted by Gasteiger charge is -2.14. The monoisotopic (exact) mass is 486 g/mol. The SMILES string of the molecule is O=C(CCCCc1ccc(CC(NC(=O)OCc2ccccc2)C(=O)O)s1)NC1=NCCCN1. The first-order valence-electron chi connectivity index (χ1n) is 11.4. The number of nitrogens with zero attached hydrogens (tertiary/aromatic N) is 1. The number of aryl methyl sites for hydroxylation is 1. The summed E-state index contributed by atoms with van der Waals surface area (Å²) in [7, 11) is 0. The van der Waals surface area contributed by atoms with Gasteiger partial charge in [-0.3, -0.25) is 15.1 Å². The van der Waals surface area contributed by atoms with Gasteiger partial charge in [0.15, 0.2) is 5.96 Å². The van der Waals surface area contributed by atoms with Gasteiger partial charge in [0, 0.05) is 35.7 Å². The predicted octanol–water partition coefficient (Wildman–Crippen LogP) is 2.85. The molecule has 1 aromatic heterocycles. The number of amides is 2. The second-order valence-electron chi connectivity index (χ2n) is 7.93. The number of hydrogen-bond acceptors (Lipinski definition) is 7. The standard InChI is InChI=1S/C24H30N4O5S/c29-21(28-23-25-13-6-14-26-23)10-5-4-9-18-11-12-19(34-18)15-20(22(30)31)27-24(32)33-16-17-7-2-1-3-8-17/h1-3,7-8,11-12,20H,4-6,9-10,13-16H2,(H,27,32)(H,30,31)(H2,25,26,28,29). The molecule has 3 rings (SSSR count). The van der Waals surface area contributed by atoms with Crippen molar-refractivity contribution in [3.8, 4) is 0 Å². The molecule has 0 bridgehead atoms. The number of carbonyl (C=O) groups excluding carboxylic acids is 2. The second kappa shape index (κ2) is 13.3. The molecular formula is C24H30N4O5S. The van der Waals surface area contributed by atoms with Crippen molar-refractivity contribution in [3.05, 3.63) is 57.8 Å². The molecule has 34 heavy (non-hydrogen) atoms. The number of aliphatic carboxylic acids is 1. The summed E-state index contributed by atoms with van der Waals surface area (Å²) in [5.74, 6) is -0.603. The van der Waals surface area contributed by atoms with Crippen LogP contribution in [0.25, 0.3) is 0 Å². The Hall–Kier alpha value is -3.40. The highest BCUT2D eigenvalue weighted by Gasteiger charge is 2.22. The molecule has 0 fully saturated rings. The number of unbranched alkanes of at least 4 members (excludes halogenated alkanes) is 1. The van der Waals surface area contributed by atoms with Crippen LogP contribution < -0.4 is 16.0 Å². The maximum Gasteiger partial charge on any atom is 0.408 e. The number of alkyl carbamates (subject to hydrolysis) is 1. The van der Waals surface area contributed by atoms with Crippen LogP contribution in [0.3, 0.4) is 0 Å². The van der Waals surface area contributed by atoms with Gasteiger partial charge >= 0.3 is 12.1 Å². The van der Waals surface area contributed by atoms with Gasteiger partial charge in [-0.05, 0) is 43.4 Å². The second-order valence-corrected chi connectivity index (χ2v) is 9.19. The van der Waals surface area contributed by atoms with Gasteiger partial charge in [-0.25, -0.2) is 9.59 Å². The summed E-state index contributed by atoms with van der Waals surface area (Å²) in [4.78, 5) is 41.9. The maximum atomic E-state index is 12.0. The molecule has 2 aromatic rings. The molecule has 2 amide bonds. The lowest BCUT2D eigenvalue weighted by Crippen LogP contribution is -2.43. The molecule has 9 nitrogen and oxygen atoms in total. The summed E-state index contributed by atoms with van der Waals surface area (Å²) >= 11 is 1.52. The number of benzene rings is 1. The Bertz CT molecular complexity index is 992. The van der Waals surface area contributed by atoms with E-state index in [0.717, 1.165) is 54.1 Å². The molecule has 182 valence electrons. The molecular weight excluding hydrogens is 456 g/mol. The summed E-state index contributed by atoms with van der Waals surface area (Å²) < 4.78 is 5.13. The number of hydrogen-bond donors (Lipinski definition) is 4. The van der Waals surface area contributed by atoms with E-state index in [1.165, 1.54) is 11.3 Å². The number of carboxylic acids is 1. The van der Waals surface area contributed by atoms with Gasteiger partial charge in [-0.2, -0.15) is 0 Å². The number of nitrogens with one attached hydrogen (secondary N) is 3. The van der Waals surface area contributed by atoms with E-state index in [4.69, 9.17) is 4.74 Å². The Morgan fingerprint density at radius 3 is 2.65 bits per heavy atom. The summed E-state index contributed by atoms with van der Waals surface area (Å²) in [5.41, 5.74) is 0.823. The fourth-order valence-corrected chi connectivity index (χ4v) is 4.48. The van der Waals surface area contributed by atoms with Gasteiger partial charge in [-0.1, -0.05) is 30.3 Å². The molecule has 1 aliphatic rings. The third kappa shape index (κ3) is 8.86. The first-order chi connectivity index (χ1) is 16.5. The van der Waals surface area contributed by atoms with Crippen LogP contribution in [0.4, 0.5) is 4.79 Å². The lowest BCUT2D eigenvalue weighted by molar-refractivity contribution is -0.139. The minimum absolute atomic E-state index is 0.0467. The zero-order valence-electron chi connectivity index (χ0n) is 18.9. The average molecular weight is 487 g/mol. The number of guanidine groups is 1. The van der Waals surface area contributed by atoms with Crippen LogP contribution in [0.5, 0.6) is 0 Å². The molecule has 0 radical (unpaired) electrons. The van der Waals surface area contributed by atoms with Crippen LogP contribution in [0, 0.1) is 0 Å². The third-order valence-electron chi connectivity index (χ3n) is 5.16. The van der Waals surface area contributed by atoms with Crippen LogP contribution in [-0.2, 0) is 33.8 Å². The van der Waals surface area contributed by atoms with Gasteiger partial charge in [0.05, 0.1) is 0 Å². The van der Waals surface area contributed by atoms with Crippen LogP contribution in [0.1, 0.15) is 41.0 Å². The highest BCUT2D eigenvalue weighted by Crippen LogP contribution is 2.20. The number of carbonyl (C=O) groups is 3. The summed E-state index contributed by atoms with van der Waals surface area (Å²) in [6.07, 6.45) is 3.22. The molecule has 4 N–H and O–H groups in total. The molecule has 0 saturated carbocycles. The van der Waals surface area contributed by atoms with Gasteiger partial charge in [0.1, 0.15) is 12.6 Å². The summed E-state index contributed by atoms with van der Waals surface area (Å²) in [6.45, 7) is 1.63. The Morgan fingerprint density at radius 2 is 1.91 bits per heavy atom. The first kappa shape index (κ1) is 25.2. The highest BCUT2D eigenvalue weighted by atomic mass is 32.1. The van der Waals surface area contributed by atoms with Crippen LogP contribution in [0.2, 0.25) is 0 Å². The van der Waals surface area contributed by atoms with Crippen molar-refractivity contribution in [3.63, 3.8) is 0 Å². The quantitative estimate of drug-likeness (QED) is 0.362. The summed E-state index contributed by atoms with van der Waals surface area (Å²) in [6, 6.07) is 12.0. The van der Waals surface area contributed by atoms with E-state index >= 15 is 0 Å². The van der Waals surface area contributed by atoms with Crippen molar-refractivity contribution in [1.82, 2.24) is 16.0 Å². The largest absolute Gasteiger partial charge is 0.480 e. The van der Waals surface area contributed by atoms with Crippen molar-refractivity contribution >= 4 is 35.3 Å². The first-order valence-corrected chi connectivity index (χ1v) is 12.2. The smallest absolute Gasteiger partial charge is 0.408 e. The molecule has 0 aliphatic carbocycles. The van der Waals surface area contributed by atoms with Crippen molar-refractivity contribution in [2.75, 3.05) is 13.1 Å². The Balaban J connectivity index is 1.37. The molecule has 2 heterocycles. The van der Waals surface area contributed by atoms with Crippen LogP contribution >= 0.6 is 11.3 Å². The fourth-order valence-electron chi connectivity index (χ4n) is 3.37. The molecule has 0 spiro atoms. The third-order valence-corrected chi connectivity index (χ3v) is 6.32. The Labute approximate surface area is 202 Å². The molecule has 1 aromatic carbocycles. The van der Waals surface area contributed by atoms with Gasteiger partial charge in [-0.15, -0.1) is 11.3 Å². The molecule has 1 unspecified atom stereocenters. The minimum Gasteiger partial charge on any atom is -0.480 e. The van der Waals surface area contributed by atoms with Crippen molar-refractivity contribution in [1.29, 1.82) is 0 Å². The number of rotatable bonds is 11. The van der Waals surface area contributed by atoms with Crippen LogP contribution in [-0.4, -0.2) is 48.2 Å². The van der Waals surface area contributed by atoms with E-state index in [-0.39, 0.29) is 18.9 Å². The average Bonchev–Trinajstić information content (AvgIpc) is 3.28. The fraction of sp³-hybridized carbons (Fsp3) is 0.417. The van der Waals surface area contributed by atoms with E-state index in [2.05, 4.69) is 20.9 Å². The number of carboxylic acid groups (broad SMARTS) is 1. The predicted molar refractivity (Wildman–Crippen MR) is 130 cm³/mol. The minimum atomic E-state index is -1.12. The van der Waals surface area contributed by atoms with Gasteiger partial charge in [0.25, 0.3) is 0 Å². The maximum absolute atomic E-state index is 12.0. The van der Waals surface area contributed by atoms with Crippen molar-refractivity contribution in [2.24, 2.45) is 4.99 Å². The van der Waals surface area contributed by atoms with E-state index in [1.54, 1.807) is 0 Å². The number of thiophene rings is 1. The zero-order valence-corrected chi connectivity index (χ0v) is 19.7. The highest BCUT2D eigenvalue weighted by molar-refractivity contribution is 7.12. The van der Waals surface area contributed by atoms with Crippen molar-refractivity contribution < 1.29 is 24.2 Å². The lowest BCUT2D eigenvalue weighted by atomic mass is 10.1. The summed E-state index contributed by atoms with van der Waals surface area (Å²) in [5, 5.41) is 17.8. The van der Waals surface area contributed by atoms with E-state index < -0.39 is 18.1 Å². The van der Waals surface area contributed by atoms with Gasteiger partial charge in [0.2, 0.25) is 5.91 Å².